The van der Waals surface area contributed by atoms with Crippen LogP contribution in [0.2, 0.25) is 18.6 Å². The number of hydrogen-bond donors (Lipinski definition) is 3. The number of methoxy groups -OCH3 is 1. The van der Waals surface area contributed by atoms with Gasteiger partial charge in [-0.05, 0) is 67.9 Å². The van der Waals surface area contributed by atoms with Gasteiger partial charge in [0.1, 0.15) is 11.9 Å². The Labute approximate surface area is 292 Å². The zero-order valence-electron chi connectivity index (χ0n) is 28.9. The minimum atomic E-state index is -3.41. The molecule has 1 saturated heterocycles. The number of carbonyl (C=O) groups is 2. The Morgan fingerprint density at radius 2 is 1.90 bits per heavy atom. The molecule has 50 heavy (non-hydrogen) atoms. The number of rotatable bonds is 12. The number of fused-ring (bicyclic) bond motifs is 2. The van der Waals surface area contributed by atoms with Crippen molar-refractivity contribution in [3.63, 3.8) is 0 Å². The molecule has 1 fully saturated rings. The number of ether oxygens (including phenoxy) is 2. The van der Waals surface area contributed by atoms with Crippen LogP contribution in [0.5, 0.6) is 5.75 Å². The molecule has 2 aliphatic rings. The highest BCUT2D eigenvalue weighted by molar-refractivity contribution is 6.72. The second kappa shape index (κ2) is 14.1. The molecular formula is C37H44FN5O6Si. The van der Waals surface area contributed by atoms with Crippen LogP contribution in [0.15, 0.2) is 79.0 Å². The molecule has 13 heteroatoms. The van der Waals surface area contributed by atoms with Crippen molar-refractivity contribution in [2.45, 2.75) is 75.7 Å². The van der Waals surface area contributed by atoms with Crippen LogP contribution in [0, 0.1) is 5.92 Å². The van der Waals surface area contributed by atoms with E-state index in [-0.39, 0.29) is 25.0 Å². The molecule has 0 radical (unpaired) electrons. The highest BCUT2D eigenvalue weighted by Crippen LogP contribution is 2.60. The number of hydrogen-bond acceptors (Lipinski definition) is 8. The normalized spacial score (nSPS) is 22.8. The van der Waals surface area contributed by atoms with E-state index in [1.807, 2.05) is 55.5 Å². The number of nitrogens with zero attached hydrogens (tertiary/aromatic N) is 4. The number of halogens is 1. The number of benzene rings is 3. The minimum Gasteiger partial charge on any atom is -0.497 e. The summed E-state index contributed by atoms with van der Waals surface area (Å²) in [5, 5.41) is 31.1. The summed E-state index contributed by atoms with van der Waals surface area (Å²) in [4.78, 5) is 28.6. The highest BCUT2D eigenvalue weighted by Gasteiger charge is 2.66. The van der Waals surface area contributed by atoms with Crippen molar-refractivity contribution in [1.29, 1.82) is 0 Å². The van der Waals surface area contributed by atoms with Crippen molar-refractivity contribution in [3.8, 4) is 5.75 Å². The topological polar surface area (TPSA) is 139 Å². The number of aromatic nitrogens is 3. The third kappa shape index (κ3) is 6.58. The van der Waals surface area contributed by atoms with Crippen LogP contribution in [0.25, 0.3) is 0 Å². The second-order valence-electron chi connectivity index (χ2n) is 13.8. The third-order valence-corrected chi connectivity index (χ3v) is 12.5. The SMILES string of the molecule is COc1ccc2c(c1)[C@]1(O[C@@H](CCn3cc(C(CO)c4ccccc4)nn3)[C@H]([Si](C)(C)F)[C@H]1C)C(=O)N2Cc1cccc(NC(=O)[C@H](C)O)c1. The van der Waals surface area contributed by atoms with Crippen molar-refractivity contribution in [2.75, 3.05) is 23.9 Å². The van der Waals surface area contributed by atoms with Gasteiger partial charge in [0.2, 0.25) is 8.41 Å². The lowest BCUT2D eigenvalue weighted by Gasteiger charge is -2.31. The van der Waals surface area contributed by atoms with E-state index < -0.39 is 43.6 Å². The Morgan fingerprint density at radius 1 is 1.14 bits per heavy atom. The number of nitrogens with one attached hydrogen (secondary N) is 1. The quantitative estimate of drug-likeness (QED) is 0.136. The molecule has 264 valence electrons. The molecule has 0 aliphatic carbocycles. The standard InChI is InChI=1S/C37H44FN5O6Si/c1-23-34(50(4,5)38)33(16-17-42-21-31(40-41-42)29(22-44)26-11-7-6-8-12-26)49-37(23)30-19-28(48-3)14-15-32(30)43(36(37)47)20-25-10-9-13-27(18-25)39-35(46)24(2)45/h6-15,18-19,21,23-24,29,33-34,44-45H,16-17,20,22H2,1-5H3,(H,39,46)/t23-,24+,29?,33+,34-,37+/m1/s1. The Balaban J connectivity index is 1.30. The molecule has 11 nitrogen and oxygen atoms in total. The number of aliphatic hydroxyl groups excluding tert-OH is 2. The largest absolute Gasteiger partial charge is 0.497 e. The first-order valence-electron chi connectivity index (χ1n) is 16.9. The molecule has 3 N–H and O–H groups in total. The average molecular weight is 702 g/mol. The Kier molecular flexibility index (Phi) is 9.95. The predicted molar refractivity (Wildman–Crippen MR) is 189 cm³/mol. The van der Waals surface area contributed by atoms with Gasteiger partial charge in [-0.25, -0.2) is 0 Å². The lowest BCUT2D eigenvalue weighted by atomic mass is 9.82. The summed E-state index contributed by atoms with van der Waals surface area (Å²) in [6.45, 7) is 7.06. The van der Waals surface area contributed by atoms with Crippen LogP contribution in [0.4, 0.5) is 15.5 Å². The summed E-state index contributed by atoms with van der Waals surface area (Å²) >= 11 is 0. The fourth-order valence-electron chi connectivity index (χ4n) is 7.65. The lowest BCUT2D eigenvalue weighted by molar-refractivity contribution is -0.146. The fraction of sp³-hybridized carbons (Fsp3) is 0.405. The van der Waals surface area contributed by atoms with E-state index in [1.165, 1.54) is 6.92 Å². The highest BCUT2D eigenvalue weighted by atomic mass is 28.4. The van der Waals surface area contributed by atoms with Crippen molar-refractivity contribution in [2.24, 2.45) is 5.92 Å². The Hall–Kier alpha value is -4.43. The second-order valence-corrected chi connectivity index (χ2v) is 17.5. The van der Waals surface area contributed by atoms with Crippen molar-refractivity contribution < 1.29 is 33.4 Å². The van der Waals surface area contributed by atoms with Crippen molar-refractivity contribution in [3.05, 3.63) is 101 Å². The number of aliphatic hydroxyl groups is 2. The molecule has 6 rings (SSSR count). The first-order chi connectivity index (χ1) is 23.9. The number of carbonyl (C=O) groups excluding carboxylic acids is 2. The maximum absolute atomic E-state index is 16.4. The van der Waals surface area contributed by atoms with E-state index in [2.05, 4.69) is 15.6 Å². The first-order valence-corrected chi connectivity index (χ1v) is 19.8. The molecular weight excluding hydrogens is 658 g/mol. The molecule has 2 amide bonds. The predicted octanol–water partition coefficient (Wildman–Crippen LogP) is 5.14. The van der Waals surface area contributed by atoms with E-state index in [4.69, 9.17) is 9.47 Å². The summed E-state index contributed by atoms with van der Waals surface area (Å²) < 4.78 is 30.6. The van der Waals surface area contributed by atoms with Gasteiger partial charge in [-0.1, -0.05) is 54.6 Å². The van der Waals surface area contributed by atoms with Crippen LogP contribution >= 0.6 is 0 Å². The fourth-order valence-corrected chi connectivity index (χ4v) is 10.2. The number of anilines is 2. The van der Waals surface area contributed by atoms with Gasteiger partial charge in [-0.3, -0.25) is 14.3 Å². The van der Waals surface area contributed by atoms with Gasteiger partial charge in [-0.2, -0.15) is 0 Å². The molecule has 1 aromatic heterocycles. The van der Waals surface area contributed by atoms with E-state index >= 15 is 4.11 Å². The Bertz CT molecular complexity index is 1850. The lowest BCUT2D eigenvalue weighted by Crippen LogP contribution is -2.45. The van der Waals surface area contributed by atoms with Gasteiger partial charge in [-0.15, -0.1) is 5.10 Å². The summed E-state index contributed by atoms with van der Waals surface area (Å²) in [7, 11) is -1.85. The smallest absolute Gasteiger partial charge is 0.264 e. The van der Waals surface area contributed by atoms with Gasteiger partial charge < -0.3 is 34.0 Å². The van der Waals surface area contributed by atoms with Gasteiger partial charge in [0, 0.05) is 35.5 Å². The molecule has 0 bridgehead atoms. The summed E-state index contributed by atoms with van der Waals surface area (Å²) in [5.41, 5.74) is 2.12. The van der Waals surface area contributed by atoms with Crippen molar-refractivity contribution in [1.82, 2.24) is 15.0 Å². The molecule has 4 aromatic rings. The van der Waals surface area contributed by atoms with Gasteiger partial charge in [0.25, 0.3) is 11.8 Å². The minimum absolute atomic E-state index is 0.125. The maximum Gasteiger partial charge on any atom is 0.264 e. The zero-order valence-corrected chi connectivity index (χ0v) is 29.9. The summed E-state index contributed by atoms with van der Waals surface area (Å²) in [6, 6.07) is 22.1. The van der Waals surface area contributed by atoms with E-state index in [9.17, 15) is 19.8 Å². The molecule has 1 spiro atoms. The molecule has 2 aliphatic heterocycles. The molecule has 0 saturated carbocycles. The summed E-state index contributed by atoms with van der Waals surface area (Å²) in [5.74, 6) is -1.09. The number of aryl methyl sites for hydroxylation is 1. The number of amides is 2. The van der Waals surface area contributed by atoms with Gasteiger partial charge in [0.05, 0.1) is 43.7 Å². The summed E-state index contributed by atoms with van der Waals surface area (Å²) in [6.07, 6.45) is 0.431. The first kappa shape index (κ1) is 35.4. The molecule has 6 atom stereocenters. The zero-order chi connectivity index (χ0) is 35.8. The molecule has 1 unspecified atom stereocenters. The molecule has 3 aromatic carbocycles. The monoisotopic (exact) mass is 701 g/mol. The van der Waals surface area contributed by atoms with Crippen LogP contribution in [-0.4, -0.2) is 71.4 Å². The van der Waals surface area contributed by atoms with Gasteiger partial charge in [0.15, 0.2) is 5.60 Å². The van der Waals surface area contributed by atoms with Crippen LogP contribution in [-0.2, 0) is 33.0 Å². The van der Waals surface area contributed by atoms with Crippen molar-refractivity contribution >= 4 is 31.6 Å². The van der Waals surface area contributed by atoms with Crippen LogP contribution in [0.1, 0.15) is 48.6 Å². The molecule has 3 heterocycles. The third-order valence-electron chi connectivity index (χ3n) is 10.0. The van der Waals surface area contributed by atoms with Crippen LogP contribution < -0.4 is 15.0 Å². The van der Waals surface area contributed by atoms with Crippen LogP contribution in [0.3, 0.4) is 0 Å². The van der Waals surface area contributed by atoms with E-state index in [0.29, 0.717) is 41.3 Å². The van der Waals surface area contributed by atoms with E-state index in [1.54, 1.807) is 60.2 Å². The Morgan fingerprint density at radius 3 is 2.58 bits per heavy atom. The average Bonchev–Trinajstić information content (AvgIpc) is 3.74. The van der Waals surface area contributed by atoms with E-state index in [0.717, 1.165) is 11.1 Å². The van der Waals surface area contributed by atoms with Gasteiger partial charge >= 0.3 is 0 Å². The maximum atomic E-state index is 16.4.